The van der Waals surface area contributed by atoms with Crippen LogP contribution in [0, 0.1) is 14.9 Å². The van der Waals surface area contributed by atoms with Gasteiger partial charge >= 0.3 is 29.8 Å². The van der Waals surface area contributed by atoms with E-state index in [1.54, 1.807) is 18.2 Å². The first-order chi connectivity index (χ1) is 29.2. The second-order valence-electron chi connectivity index (χ2n) is 14.8. The molecule has 23 nitrogen and oxygen atoms in total. The molecule has 2 aliphatic rings. The SMILES string of the molecule is O=CC1(CN(CC(=O)O)CC(=O)N(CC(=O)O)CC(=O)N(CC(=O)O)CC(=O)N[C@H](CCCCNC(=O)c2cccc(I)c2)C(=O)O)CCC(C(=O)ON2C(=O)CCC2=O)CC1. The molecule has 3 rings (SSSR count). The number of hydroxylamine groups is 2. The van der Waals surface area contributed by atoms with E-state index in [0.717, 1.165) is 8.47 Å². The Morgan fingerprint density at radius 1 is 0.823 bits per heavy atom. The summed E-state index contributed by atoms with van der Waals surface area (Å²) in [7, 11) is 0. The van der Waals surface area contributed by atoms with Gasteiger partial charge in [0.15, 0.2) is 0 Å². The fourth-order valence-corrected chi connectivity index (χ4v) is 7.33. The fourth-order valence-electron chi connectivity index (χ4n) is 6.79. The van der Waals surface area contributed by atoms with Crippen molar-refractivity contribution in [1.29, 1.82) is 0 Å². The number of amides is 6. The van der Waals surface area contributed by atoms with Crippen molar-refractivity contribution in [1.82, 2.24) is 30.4 Å². The zero-order valence-electron chi connectivity index (χ0n) is 33.3. The number of hydrogen-bond donors (Lipinski definition) is 6. The van der Waals surface area contributed by atoms with Crippen LogP contribution in [-0.2, 0) is 57.6 Å². The summed E-state index contributed by atoms with van der Waals surface area (Å²) in [6.07, 6.45) is 0.776. The predicted molar refractivity (Wildman–Crippen MR) is 215 cm³/mol. The minimum absolute atomic E-state index is 0.0126. The summed E-state index contributed by atoms with van der Waals surface area (Å²) < 4.78 is 0.852. The van der Waals surface area contributed by atoms with E-state index in [4.69, 9.17) is 4.84 Å². The van der Waals surface area contributed by atoms with Gasteiger partial charge in [0.05, 0.1) is 19.0 Å². The Labute approximate surface area is 367 Å². The molecule has 0 unspecified atom stereocenters. The van der Waals surface area contributed by atoms with Crippen LogP contribution in [0.5, 0.6) is 0 Å². The molecule has 2 fully saturated rings. The Morgan fingerprint density at radius 3 is 1.95 bits per heavy atom. The van der Waals surface area contributed by atoms with Gasteiger partial charge in [-0.15, -0.1) is 5.06 Å². The molecule has 1 aliphatic heterocycles. The van der Waals surface area contributed by atoms with E-state index in [2.05, 4.69) is 33.2 Å². The van der Waals surface area contributed by atoms with Gasteiger partial charge in [0.25, 0.3) is 17.7 Å². The van der Waals surface area contributed by atoms with Gasteiger partial charge in [-0.25, -0.2) is 9.59 Å². The largest absolute Gasteiger partial charge is 0.480 e. The van der Waals surface area contributed by atoms with Crippen LogP contribution in [0.1, 0.15) is 68.1 Å². The van der Waals surface area contributed by atoms with E-state index >= 15 is 0 Å². The van der Waals surface area contributed by atoms with E-state index in [1.165, 1.54) is 0 Å². The molecule has 338 valence electrons. The number of carboxylic acids is 4. The van der Waals surface area contributed by atoms with Crippen molar-refractivity contribution in [3.05, 3.63) is 33.4 Å². The number of benzene rings is 1. The molecule has 62 heavy (non-hydrogen) atoms. The summed E-state index contributed by atoms with van der Waals surface area (Å²) in [5, 5.41) is 43.6. The fraction of sp³-hybridized carbons (Fsp3) is 0.526. The van der Waals surface area contributed by atoms with Gasteiger partial charge in [0.2, 0.25) is 17.7 Å². The number of aliphatic carboxylic acids is 4. The highest BCUT2D eigenvalue weighted by atomic mass is 127. The second-order valence-corrected chi connectivity index (χ2v) is 16.0. The van der Waals surface area contributed by atoms with Crippen LogP contribution < -0.4 is 10.6 Å². The van der Waals surface area contributed by atoms with E-state index < -0.39 is 116 Å². The van der Waals surface area contributed by atoms with Gasteiger partial charge in [-0.05, 0) is 85.7 Å². The number of rotatable bonds is 25. The first kappa shape index (κ1) is 50.3. The lowest BCUT2D eigenvalue weighted by atomic mass is 9.71. The standard InChI is InChI=1S/C38H47IN6O17/c39-25-5-3-4-24(14-25)35(58)40-13-2-1-6-26(36(59)60)41-27(47)15-43(19-33(54)55)31(51)17-44(20-34(56)57)30(50)16-42(18-32(52)53)21-38(22-46)11-9-23(10-12-38)37(61)62-45-28(48)7-8-29(45)49/h3-5,14,22-23,26H,1-2,6-13,15-21H2,(H,40,58)(H,41,47)(H,52,53)(H,54,55)(H,56,57)(H,59,60)/t23?,26-,38?/m1/s1. The molecule has 24 heteroatoms. The van der Waals surface area contributed by atoms with Gasteiger partial charge in [-0.3, -0.25) is 48.1 Å². The lowest BCUT2D eigenvalue weighted by molar-refractivity contribution is -0.201. The Bertz CT molecular complexity index is 1900. The van der Waals surface area contributed by atoms with Crippen LogP contribution in [0.25, 0.3) is 0 Å². The predicted octanol–water partition coefficient (Wildman–Crippen LogP) is -1.04. The molecule has 0 spiro atoms. The molecule has 1 saturated carbocycles. The normalized spacial score (nSPS) is 17.7. The van der Waals surface area contributed by atoms with Crippen molar-refractivity contribution in [3.8, 4) is 0 Å². The van der Waals surface area contributed by atoms with Gasteiger partial charge in [0, 0.05) is 40.5 Å². The first-order valence-corrected chi connectivity index (χ1v) is 20.3. The number of aldehydes is 1. The molecule has 6 amide bonds. The number of carbonyl (C=O) groups excluding carboxylic acids is 8. The monoisotopic (exact) mass is 986 g/mol. The highest BCUT2D eigenvalue weighted by Crippen LogP contribution is 2.39. The van der Waals surface area contributed by atoms with Gasteiger partial charge in [0.1, 0.15) is 38.5 Å². The molecule has 1 aromatic carbocycles. The van der Waals surface area contributed by atoms with Crippen molar-refractivity contribution < 1.29 is 82.8 Å². The lowest BCUT2D eigenvalue weighted by Gasteiger charge is -2.38. The Morgan fingerprint density at radius 2 is 1.40 bits per heavy atom. The van der Waals surface area contributed by atoms with E-state index in [1.807, 2.05) is 6.07 Å². The summed E-state index contributed by atoms with van der Waals surface area (Å²) >= 11 is 2.06. The van der Waals surface area contributed by atoms with Crippen molar-refractivity contribution >= 4 is 94.2 Å². The average Bonchev–Trinajstić information content (AvgIpc) is 3.51. The van der Waals surface area contributed by atoms with E-state index in [9.17, 15) is 78.0 Å². The molecular weight excluding hydrogens is 939 g/mol. The maximum atomic E-state index is 13.5. The van der Waals surface area contributed by atoms with Crippen molar-refractivity contribution in [3.63, 3.8) is 0 Å². The first-order valence-electron chi connectivity index (χ1n) is 19.3. The minimum Gasteiger partial charge on any atom is -0.480 e. The van der Waals surface area contributed by atoms with E-state index in [-0.39, 0.29) is 70.4 Å². The Balaban J connectivity index is 1.62. The number of carbonyl (C=O) groups is 12. The minimum atomic E-state index is -1.62. The zero-order valence-corrected chi connectivity index (χ0v) is 35.5. The molecule has 0 aromatic heterocycles. The molecule has 0 bridgehead atoms. The van der Waals surface area contributed by atoms with Gasteiger partial charge in [-0.2, -0.15) is 0 Å². The Hall–Kier alpha value is -6.05. The molecule has 1 aliphatic carbocycles. The third-order valence-corrected chi connectivity index (χ3v) is 10.6. The van der Waals surface area contributed by atoms with Crippen molar-refractivity contribution in [2.45, 2.75) is 63.8 Å². The summed E-state index contributed by atoms with van der Waals surface area (Å²) in [5.74, 6) is -13.0. The van der Waals surface area contributed by atoms with Gasteiger partial charge < -0.3 is 50.5 Å². The molecule has 1 atom stereocenters. The highest BCUT2D eigenvalue weighted by molar-refractivity contribution is 14.1. The third-order valence-electron chi connectivity index (χ3n) is 9.95. The quantitative estimate of drug-likeness (QED) is 0.0295. The Kier molecular flexibility index (Phi) is 19.3. The molecule has 1 heterocycles. The van der Waals surface area contributed by atoms with Crippen LogP contribution in [0.4, 0.5) is 0 Å². The van der Waals surface area contributed by atoms with Crippen LogP contribution in [0.3, 0.4) is 0 Å². The lowest BCUT2D eigenvalue weighted by Crippen LogP contribution is -2.53. The molecule has 6 N–H and O–H groups in total. The summed E-state index contributed by atoms with van der Waals surface area (Å²) in [5.41, 5.74) is -0.875. The number of carboxylic acid groups (broad SMARTS) is 4. The highest BCUT2D eigenvalue weighted by Gasteiger charge is 2.42. The number of unbranched alkanes of at least 4 members (excludes halogenated alkanes) is 1. The smallest absolute Gasteiger partial charge is 0.336 e. The number of nitrogens with one attached hydrogen (secondary N) is 2. The van der Waals surface area contributed by atoms with Crippen LogP contribution in [-0.4, -0.2) is 170 Å². The number of hydrogen-bond acceptors (Lipinski definition) is 14. The van der Waals surface area contributed by atoms with Crippen LogP contribution in [0.2, 0.25) is 0 Å². The second kappa shape index (κ2) is 23.8. The van der Waals surface area contributed by atoms with Gasteiger partial charge in [-0.1, -0.05) is 6.07 Å². The molecule has 1 aromatic rings. The van der Waals surface area contributed by atoms with Crippen molar-refractivity contribution in [2.24, 2.45) is 11.3 Å². The number of halogens is 1. The zero-order chi connectivity index (χ0) is 46.1. The summed E-state index contributed by atoms with van der Waals surface area (Å²) in [6, 6.07) is 5.35. The maximum absolute atomic E-state index is 13.5. The van der Waals surface area contributed by atoms with Crippen LogP contribution >= 0.6 is 22.6 Å². The number of imide groups is 1. The topological polar surface area (TPSA) is 332 Å². The van der Waals surface area contributed by atoms with Crippen molar-refractivity contribution in [2.75, 3.05) is 52.4 Å². The molecule has 0 radical (unpaired) electrons. The summed E-state index contributed by atoms with van der Waals surface area (Å²) in [6.45, 7) is -6.22. The molecule has 1 saturated heterocycles. The number of nitrogens with zero attached hydrogens (tertiary/aromatic N) is 4. The summed E-state index contributed by atoms with van der Waals surface area (Å²) in [4.78, 5) is 155. The van der Waals surface area contributed by atoms with E-state index in [0.29, 0.717) is 33.1 Å². The molecular formula is C38H47IN6O17. The van der Waals surface area contributed by atoms with Crippen LogP contribution in [0.15, 0.2) is 24.3 Å². The third kappa shape index (κ3) is 16.1. The average molecular weight is 987 g/mol. The maximum Gasteiger partial charge on any atom is 0.336 e.